The summed E-state index contributed by atoms with van der Waals surface area (Å²) in [6.45, 7) is 4.75. The number of aryl methyl sites for hydroxylation is 1. The van der Waals surface area contributed by atoms with E-state index in [1.807, 2.05) is 0 Å². The molecule has 0 bridgehead atoms. The van der Waals surface area contributed by atoms with E-state index in [2.05, 4.69) is 29.7 Å². The van der Waals surface area contributed by atoms with Gasteiger partial charge in [0.25, 0.3) is 0 Å². The van der Waals surface area contributed by atoms with E-state index in [9.17, 15) is 0 Å². The second-order valence-corrected chi connectivity index (χ2v) is 6.59. The topological polar surface area (TPSA) is 49.4 Å². The average molecular weight is 353 g/mol. The standard InChI is InChI=1S/C19H28N2O2.ClH/c1-14(20)12-16-17-13-15(23-11-4-3-10-22-2)7-8-19(17)21-9-5-6-18(16)21;/h7-8,13-14H,3-6,9-12,20H2,1-2H3;1H/t14-;/m0./s1. The molecule has 0 saturated carbocycles. The second kappa shape index (κ2) is 8.75. The zero-order chi connectivity index (χ0) is 16.2. The largest absolute Gasteiger partial charge is 0.494 e. The molecule has 5 heteroatoms. The second-order valence-electron chi connectivity index (χ2n) is 6.59. The van der Waals surface area contributed by atoms with Crippen LogP contribution in [-0.4, -0.2) is 30.9 Å². The van der Waals surface area contributed by atoms with Crippen molar-refractivity contribution in [1.29, 1.82) is 0 Å². The third-order valence-corrected chi connectivity index (χ3v) is 4.59. The van der Waals surface area contributed by atoms with Crippen molar-refractivity contribution in [2.75, 3.05) is 20.3 Å². The van der Waals surface area contributed by atoms with Crippen LogP contribution in [0, 0.1) is 0 Å². The smallest absolute Gasteiger partial charge is 0.120 e. The SMILES string of the molecule is COCCCCOc1ccc2c(c1)c(C[C@H](C)N)c1n2CCC1.Cl. The molecule has 0 saturated heterocycles. The van der Waals surface area contributed by atoms with Gasteiger partial charge in [-0.1, -0.05) is 0 Å². The molecule has 0 unspecified atom stereocenters. The van der Waals surface area contributed by atoms with Crippen LogP contribution in [0.3, 0.4) is 0 Å². The molecule has 0 spiro atoms. The van der Waals surface area contributed by atoms with Crippen molar-refractivity contribution in [2.24, 2.45) is 5.73 Å². The Bertz CT molecular complexity index is 667. The summed E-state index contributed by atoms with van der Waals surface area (Å²) in [6, 6.07) is 6.69. The van der Waals surface area contributed by atoms with Crippen LogP contribution in [-0.2, 0) is 24.1 Å². The number of ether oxygens (including phenoxy) is 2. The van der Waals surface area contributed by atoms with Crippen molar-refractivity contribution >= 4 is 23.3 Å². The van der Waals surface area contributed by atoms with Crippen molar-refractivity contribution in [3.8, 4) is 5.75 Å². The quantitative estimate of drug-likeness (QED) is 0.737. The molecule has 1 aliphatic rings. The zero-order valence-electron chi connectivity index (χ0n) is 14.7. The predicted octanol–water partition coefficient (Wildman–Crippen LogP) is 3.70. The zero-order valence-corrected chi connectivity index (χ0v) is 15.5. The molecule has 3 rings (SSSR count). The lowest BCUT2D eigenvalue weighted by atomic mass is 10.0. The van der Waals surface area contributed by atoms with Gasteiger partial charge in [0.1, 0.15) is 5.75 Å². The minimum absolute atomic E-state index is 0. The van der Waals surface area contributed by atoms with Gasteiger partial charge in [-0.05, 0) is 62.8 Å². The van der Waals surface area contributed by atoms with Gasteiger partial charge in [-0.2, -0.15) is 0 Å². The first-order valence-electron chi connectivity index (χ1n) is 8.72. The lowest BCUT2D eigenvalue weighted by molar-refractivity contribution is 0.184. The van der Waals surface area contributed by atoms with Gasteiger partial charge in [0.2, 0.25) is 0 Å². The van der Waals surface area contributed by atoms with Gasteiger partial charge in [-0.3, -0.25) is 0 Å². The molecule has 0 aliphatic carbocycles. The molecule has 4 nitrogen and oxygen atoms in total. The summed E-state index contributed by atoms with van der Waals surface area (Å²) in [6.07, 6.45) is 5.41. The van der Waals surface area contributed by atoms with Crippen LogP contribution in [0.2, 0.25) is 0 Å². The predicted molar refractivity (Wildman–Crippen MR) is 101 cm³/mol. The summed E-state index contributed by atoms with van der Waals surface area (Å²) in [5, 5.41) is 1.33. The maximum absolute atomic E-state index is 6.08. The Labute approximate surface area is 150 Å². The van der Waals surface area contributed by atoms with E-state index in [1.165, 1.54) is 35.0 Å². The maximum atomic E-state index is 6.08. The molecule has 1 aromatic heterocycles. The molecule has 0 fully saturated rings. The lowest BCUT2D eigenvalue weighted by Crippen LogP contribution is -2.18. The number of unbranched alkanes of at least 4 members (excludes halogenated alkanes) is 1. The van der Waals surface area contributed by atoms with Gasteiger partial charge in [0.15, 0.2) is 0 Å². The summed E-state index contributed by atoms with van der Waals surface area (Å²) in [5.74, 6) is 0.963. The van der Waals surface area contributed by atoms with Gasteiger partial charge in [0.05, 0.1) is 6.61 Å². The third kappa shape index (κ3) is 4.05. The number of fused-ring (bicyclic) bond motifs is 3. The molecule has 0 amide bonds. The molecular weight excluding hydrogens is 324 g/mol. The Morgan fingerprint density at radius 3 is 2.79 bits per heavy atom. The van der Waals surface area contributed by atoms with Gasteiger partial charge in [-0.25, -0.2) is 0 Å². The molecule has 2 heterocycles. The number of rotatable bonds is 8. The van der Waals surface area contributed by atoms with E-state index in [0.29, 0.717) is 0 Å². The summed E-state index contributed by atoms with van der Waals surface area (Å²) in [7, 11) is 1.74. The highest BCUT2D eigenvalue weighted by Crippen LogP contribution is 2.34. The molecule has 1 aliphatic heterocycles. The van der Waals surface area contributed by atoms with Crippen LogP contribution in [0.15, 0.2) is 18.2 Å². The van der Waals surface area contributed by atoms with E-state index in [1.54, 1.807) is 7.11 Å². The fourth-order valence-electron chi connectivity index (χ4n) is 3.58. The van der Waals surface area contributed by atoms with Gasteiger partial charge >= 0.3 is 0 Å². The number of aromatic nitrogens is 1. The first-order valence-corrected chi connectivity index (χ1v) is 8.72. The molecule has 1 aromatic carbocycles. The maximum Gasteiger partial charge on any atom is 0.120 e. The van der Waals surface area contributed by atoms with Crippen molar-refractivity contribution in [3.05, 3.63) is 29.5 Å². The summed E-state index contributed by atoms with van der Waals surface area (Å²) < 4.78 is 13.5. The Kier molecular flexibility index (Phi) is 6.96. The normalized spacial score (nSPS) is 14.5. The Morgan fingerprint density at radius 1 is 1.25 bits per heavy atom. The Hall–Kier alpha value is -1.23. The molecule has 24 heavy (non-hydrogen) atoms. The minimum atomic E-state index is 0. The van der Waals surface area contributed by atoms with Crippen LogP contribution in [0.4, 0.5) is 0 Å². The number of methoxy groups -OCH3 is 1. The van der Waals surface area contributed by atoms with E-state index < -0.39 is 0 Å². The summed E-state index contributed by atoms with van der Waals surface area (Å²) in [5.41, 5.74) is 10.3. The number of nitrogens with zero attached hydrogens (tertiary/aromatic N) is 1. The summed E-state index contributed by atoms with van der Waals surface area (Å²) >= 11 is 0. The highest BCUT2D eigenvalue weighted by Gasteiger charge is 2.21. The van der Waals surface area contributed by atoms with Crippen LogP contribution in [0.25, 0.3) is 10.9 Å². The highest BCUT2D eigenvalue weighted by atomic mass is 35.5. The van der Waals surface area contributed by atoms with Crippen LogP contribution in [0.1, 0.15) is 37.4 Å². The molecule has 0 radical (unpaired) electrons. The van der Waals surface area contributed by atoms with Crippen LogP contribution in [0.5, 0.6) is 5.75 Å². The summed E-state index contributed by atoms with van der Waals surface area (Å²) in [4.78, 5) is 0. The molecule has 134 valence electrons. The first-order chi connectivity index (χ1) is 11.2. The highest BCUT2D eigenvalue weighted by molar-refractivity contribution is 5.87. The Morgan fingerprint density at radius 2 is 2.04 bits per heavy atom. The van der Waals surface area contributed by atoms with Crippen LogP contribution >= 0.6 is 12.4 Å². The van der Waals surface area contributed by atoms with Crippen molar-refractivity contribution in [2.45, 2.75) is 51.6 Å². The fraction of sp³-hybridized carbons (Fsp3) is 0.579. The number of nitrogens with two attached hydrogens (primary N) is 1. The molecule has 1 atom stereocenters. The van der Waals surface area contributed by atoms with E-state index in [0.717, 1.165) is 44.8 Å². The number of hydrogen-bond donors (Lipinski definition) is 1. The van der Waals surface area contributed by atoms with E-state index in [-0.39, 0.29) is 18.4 Å². The van der Waals surface area contributed by atoms with Crippen molar-refractivity contribution < 1.29 is 9.47 Å². The lowest BCUT2D eigenvalue weighted by Gasteiger charge is -2.09. The monoisotopic (exact) mass is 352 g/mol. The molecule has 2 N–H and O–H groups in total. The third-order valence-electron chi connectivity index (χ3n) is 4.59. The van der Waals surface area contributed by atoms with Crippen molar-refractivity contribution in [3.63, 3.8) is 0 Å². The average Bonchev–Trinajstić information content (AvgIpc) is 3.10. The van der Waals surface area contributed by atoms with E-state index in [4.69, 9.17) is 15.2 Å². The molecular formula is C19H29ClN2O2. The number of halogens is 1. The van der Waals surface area contributed by atoms with Gasteiger partial charge < -0.3 is 19.8 Å². The van der Waals surface area contributed by atoms with E-state index >= 15 is 0 Å². The van der Waals surface area contributed by atoms with Gasteiger partial charge in [0, 0.05) is 42.9 Å². The number of hydrogen-bond acceptors (Lipinski definition) is 3. The fourth-order valence-corrected chi connectivity index (χ4v) is 3.58. The van der Waals surface area contributed by atoms with Gasteiger partial charge in [-0.15, -0.1) is 12.4 Å². The minimum Gasteiger partial charge on any atom is -0.494 e. The van der Waals surface area contributed by atoms with Crippen molar-refractivity contribution in [1.82, 2.24) is 4.57 Å². The first kappa shape index (κ1) is 19.1. The molecule has 2 aromatic rings. The Balaban J connectivity index is 0.00000208. The van der Waals surface area contributed by atoms with Crippen LogP contribution < -0.4 is 10.5 Å². The number of benzene rings is 1.